The Morgan fingerprint density at radius 1 is 0.938 bits per heavy atom. The van der Waals surface area contributed by atoms with Crippen LogP contribution in [0.5, 0.6) is 0 Å². The molecule has 2 aliphatic rings. The lowest BCUT2D eigenvalue weighted by Crippen LogP contribution is -2.29. The van der Waals surface area contributed by atoms with Gasteiger partial charge in [0.25, 0.3) is 10.0 Å². The number of anilines is 2. The first-order valence-electron chi connectivity index (χ1n) is 11.1. The fourth-order valence-electron chi connectivity index (χ4n) is 5.01. The largest absolute Gasteiger partial charge is 0.378 e. The summed E-state index contributed by atoms with van der Waals surface area (Å²) in [5.41, 5.74) is 7.05. The quantitative estimate of drug-likeness (QED) is 0.468. The van der Waals surface area contributed by atoms with Crippen LogP contribution in [0.1, 0.15) is 46.2 Å². The van der Waals surface area contributed by atoms with Gasteiger partial charge < -0.3 is 5.32 Å². The van der Waals surface area contributed by atoms with Crippen molar-refractivity contribution in [3.05, 3.63) is 101 Å². The number of benzene rings is 3. The van der Waals surface area contributed by atoms with Crippen molar-refractivity contribution in [3.63, 3.8) is 0 Å². The number of para-hydroxylation sites is 1. The minimum absolute atomic E-state index is 0.202. The second-order valence-corrected chi connectivity index (χ2v) is 10.7. The molecule has 0 saturated heterocycles. The van der Waals surface area contributed by atoms with Crippen molar-refractivity contribution in [2.45, 2.75) is 44.0 Å². The van der Waals surface area contributed by atoms with Crippen LogP contribution in [0.15, 0.2) is 77.7 Å². The third-order valence-electron chi connectivity index (χ3n) is 6.80. The molecule has 0 amide bonds. The summed E-state index contributed by atoms with van der Waals surface area (Å²) in [5.74, 6) is 0.572. The van der Waals surface area contributed by atoms with Crippen LogP contribution in [0.4, 0.5) is 11.4 Å². The Labute approximate surface area is 190 Å². The monoisotopic (exact) mass is 444 g/mol. The maximum absolute atomic E-state index is 13.3. The van der Waals surface area contributed by atoms with Crippen LogP contribution in [-0.2, 0) is 10.0 Å². The van der Waals surface area contributed by atoms with E-state index in [2.05, 4.69) is 53.4 Å². The van der Waals surface area contributed by atoms with Gasteiger partial charge in [0, 0.05) is 11.6 Å². The van der Waals surface area contributed by atoms with Crippen molar-refractivity contribution in [1.29, 1.82) is 0 Å². The highest BCUT2D eigenvalue weighted by Crippen LogP contribution is 2.50. The minimum Gasteiger partial charge on any atom is -0.378 e. The van der Waals surface area contributed by atoms with E-state index < -0.39 is 10.0 Å². The molecule has 1 aliphatic carbocycles. The number of fused-ring (bicyclic) bond motifs is 3. The molecular formula is C27H28N2O2S. The van der Waals surface area contributed by atoms with Gasteiger partial charge in [-0.2, -0.15) is 0 Å². The molecule has 0 radical (unpaired) electrons. The highest BCUT2D eigenvalue weighted by Gasteiger charge is 2.38. The van der Waals surface area contributed by atoms with Gasteiger partial charge >= 0.3 is 0 Å². The van der Waals surface area contributed by atoms with Crippen LogP contribution in [0.3, 0.4) is 0 Å². The summed E-state index contributed by atoms with van der Waals surface area (Å²) in [4.78, 5) is 0.300. The van der Waals surface area contributed by atoms with E-state index in [1.807, 2.05) is 44.2 Å². The van der Waals surface area contributed by atoms with E-state index in [9.17, 15) is 8.42 Å². The standard InChI is InChI=1S/C27H28N2O2S/c1-17-10-12-20(13-11-17)27-23-9-5-8-22(23)24-16-21(14-15-25(24)28-27)32(30,31)29-26-18(2)6-4-7-19(26)3/h4-8,10-16,22-23,27-29H,9H2,1-3H3/t22-,23+,27+/m0/s1. The fraction of sp³-hybridized carbons (Fsp3) is 0.259. The summed E-state index contributed by atoms with van der Waals surface area (Å²) in [6.07, 6.45) is 5.44. The van der Waals surface area contributed by atoms with Crippen molar-refractivity contribution in [1.82, 2.24) is 0 Å². The average Bonchev–Trinajstić information content (AvgIpc) is 3.26. The van der Waals surface area contributed by atoms with Crippen molar-refractivity contribution in [2.75, 3.05) is 10.0 Å². The minimum atomic E-state index is -3.69. The number of aryl methyl sites for hydroxylation is 3. The van der Waals surface area contributed by atoms with E-state index in [1.165, 1.54) is 11.1 Å². The molecule has 3 aromatic rings. The molecule has 0 spiro atoms. The molecule has 164 valence electrons. The van der Waals surface area contributed by atoms with Crippen LogP contribution in [-0.4, -0.2) is 8.42 Å². The maximum Gasteiger partial charge on any atom is 0.261 e. The van der Waals surface area contributed by atoms with Gasteiger partial charge in [0.2, 0.25) is 0 Å². The molecule has 1 heterocycles. The second kappa shape index (κ2) is 7.82. The number of sulfonamides is 1. The van der Waals surface area contributed by atoms with Crippen molar-refractivity contribution in [2.24, 2.45) is 5.92 Å². The maximum atomic E-state index is 13.3. The normalized spacial score (nSPS) is 21.5. The number of rotatable bonds is 4. The fourth-order valence-corrected chi connectivity index (χ4v) is 6.25. The average molecular weight is 445 g/mol. The van der Waals surface area contributed by atoms with E-state index in [4.69, 9.17) is 0 Å². The van der Waals surface area contributed by atoms with Gasteiger partial charge in [0.05, 0.1) is 16.6 Å². The third-order valence-corrected chi connectivity index (χ3v) is 8.15. The van der Waals surface area contributed by atoms with Crippen LogP contribution >= 0.6 is 0 Å². The highest BCUT2D eigenvalue weighted by molar-refractivity contribution is 7.92. The SMILES string of the molecule is Cc1ccc([C@H]2Nc3ccc(S(=O)(=O)Nc4c(C)cccc4C)cc3[C@H]3C=CC[C@H]32)cc1. The molecule has 1 aliphatic heterocycles. The molecule has 3 aromatic carbocycles. The lowest BCUT2D eigenvalue weighted by molar-refractivity contribution is 0.425. The molecule has 32 heavy (non-hydrogen) atoms. The Kier molecular flexibility index (Phi) is 5.09. The van der Waals surface area contributed by atoms with Gasteiger partial charge in [0.15, 0.2) is 0 Å². The lowest BCUT2D eigenvalue weighted by atomic mass is 9.77. The molecule has 0 aromatic heterocycles. The Hall–Kier alpha value is -3.05. The summed E-state index contributed by atoms with van der Waals surface area (Å²) in [7, 11) is -3.69. The van der Waals surface area contributed by atoms with E-state index in [0.717, 1.165) is 28.8 Å². The predicted octanol–water partition coefficient (Wildman–Crippen LogP) is 6.24. The van der Waals surface area contributed by atoms with Gasteiger partial charge in [-0.05, 0) is 73.6 Å². The smallest absolute Gasteiger partial charge is 0.261 e. The van der Waals surface area contributed by atoms with Crippen LogP contribution in [0, 0.1) is 26.7 Å². The topological polar surface area (TPSA) is 58.2 Å². The van der Waals surface area contributed by atoms with Crippen LogP contribution < -0.4 is 10.0 Å². The zero-order valence-electron chi connectivity index (χ0n) is 18.6. The Balaban J connectivity index is 1.50. The van der Waals surface area contributed by atoms with Gasteiger partial charge in [-0.25, -0.2) is 8.42 Å². The molecule has 5 heteroatoms. The van der Waals surface area contributed by atoms with Crippen molar-refractivity contribution >= 4 is 21.4 Å². The lowest BCUT2D eigenvalue weighted by Gasteiger charge is -2.37. The Morgan fingerprint density at radius 3 is 2.38 bits per heavy atom. The number of hydrogen-bond acceptors (Lipinski definition) is 3. The molecule has 0 saturated carbocycles. The van der Waals surface area contributed by atoms with Crippen LogP contribution in [0.2, 0.25) is 0 Å². The molecular weight excluding hydrogens is 416 g/mol. The first-order chi connectivity index (χ1) is 15.3. The second-order valence-electron chi connectivity index (χ2n) is 9.01. The van der Waals surface area contributed by atoms with E-state index >= 15 is 0 Å². The summed E-state index contributed by atoms with van der Waals surface area (Å²) < 4.78 is 29.3. The molecule has 2 N–H and O–H groups in total. The zero-order chi connectivity index (χ0) is 22.5. The predicted molar refractivity (Wildman–Crippen MR) is 131 cm³/mol. The Morgan fingerprint density at radius 2 is 1.66 bits per heavy atom. The molecule has 0 unspecified atom stereocenters. The van der Waals surface area contributed by atoms with Gasteiger partial charge in [-0.15, -0.1) is 0 Å². The van der Waals surface area contributed by atoms with Crippen molar-refractivity contribution in [3.8, 4) is 0 Å². The van der Waals surface area contributed by atoms with E-state index in [0.29, 0.717) is 16.5 Å². The first-order valence-corrected chi connectivity index (χ1v) is 12.5. The molecule has 0 fully saturated rings. The van der Waals surface area contributed by atoms with Gasteiger partial charge in [-0.3, -0.25) is 4.72 Å². The summed E-state index contributed by atoms with van der Waals surface area (Å²) in [5, 5.41) is 3.70. The third kappa shape index (κ3) is 3.61. The summed E-state index contributed by atoms with van der Waals surface area (Å²) >= 11 is 0. The number of hydrogen-bond donors (Lipinski definition) is 2. The van der Waals surface area contributed by atoms with E-state index in [-0.39, 0.29) is 12.0 Å². The summed E-state index contributed by atoms with van der Waals surface area (Å²) in [6.45, 7) is 5.93. The zero-order valence-corrected chi connectivity index (χ0v) is 19.4. The molecule has 0 bridgehead atoms. The highest BCUT2D eigenvalue weighted by atomic mass is 32.2. The van der Waals surface area contributed by atoms with Crippen LogP contribution in [0.25, 0.3) is 0 Å². The number of nitrogens with one attached hydrogen (secondary N) is 2. The van der Waals surface area contributed by atoms with Gasteiger partial charge in [-0.1, -0.05) is 60.2 Å². The molecule has 4 nitrogen and oxygen atoms in total. The van der Waals surface area contributed by atoms with Gasteiger partial charge in [0.1, 0.15) is 0 Å². The van der Waals surface area contributed by atoms with Crippen molar-refractivity contribution < 1.29 is 8.42 Å². The molecule has 3 atom stereocenters. The first kappa shape index (κ1) is 20.8. The number of allylic oxidation sites excluding steroid dienone is 2. The molecule has 5 rings (SSSR count). The summed E-state index contributed by atoms with van der Waals surface area (Å²) in [6, 6.07) is 20.1. The Bertz CT molecular complexity index is 1290. The van der Waals surface area contributed by atoms with E-state index in [1.54, 1.807) is 6.07 Å².